The van der Waals surface area contributed by atoms with Gasteiger partial charge in [0.1, 0.15) is 5.76 Å². The van der Waals surface area contributed by atoms with Gasteiger partial charge in [-0.05, 0) is 24.3 Å². The first-order valence-corrected chi connectivity index (χ1v) is 7.00. The van der Waals surface area contributed by atoms with Gasteiger partial charge in [0.15, 0.2) is 12.0 Å². The topological polar surface area (TPSA) is 76.4 Å². The van der Waals surface area contributed by atoms with Crippen molar-refractivity contribution in [1.82, 2.24) is 0 Å². The van der Waals surface area contributed by atoms with Gasteiger partial charge in [-0.2, -0.15) is 0 Å². The van der Waals surface area contributed by atoms with Crippen LogP contribution in [0.15, 0.2) is 40.8 Å². The molecule has 1 aromatic heterocycles. The van der Waals surface area contributed by atoms with E-state index < -0.39 is 10.0 Å². The van der Waals surface area contributed by atoms with Gasteiger partial charge < -0.3 is 4.42 Å². The summed E-state index contributed by atoms with van der Waals surface area (Å²) in [6, 6.07) is 9.94. The number of hydrogen-bond acceptors (Lipinski definition) is 4. The number of hydrogen-bond donors (Lipinski definition) is 1. The highest BCUT2D eigenvalue weighted by atomic mass is 32.2. The van der Waals surface area contributed by atoms with E-state index in [2.05, 4.69) is 4.72 Å². The van der Waals surface area contributed by atoms with Crippen molar-refractivity contribution in [2.75, 3.05) is 11.0 Å². The number of carbonyl (C=O) groups is 1. The summed E-state index contributed by atoms with van der Waals surface area (Å²) in [5.41, 5.74) is 1.14. The average molecular weight is 265 g/mol. The van der Waals surface area contributed by atoms with Gasteiger partial charge >= 0.3 is 0 Å². The molecule has 0 amide bonds. The summed E-state index contributed by atoms with van der Waals surface area (Å²) >= 11 is 0. The maximum Gasteiger partial charge on any atom is 0.229 e. The van der Waals surface area contributed by atoms with Gasteiger partial charge in [-0.25, -0.2) is 8.42 Å². The second-order valence-corrected chi connectivity index (χ2v) is 5.52. The lowest BCUT2D eigenvalue weighted by Crippen LogP contribution is -2.09. The van der Waals surface area contributed by atoms with Gasteiger partial charge in [0, 0.05) is 11.3 Å². The van der Waals surface area contributed by atoms with Gasteiger partial charge in [0.2, 0.25) is 10.0 Å². The fourth-order valence-corrected chi connectivity index (χ4v) is 2.08. The summed E-state index contributed by atoms with van der Waals surface area (Å²) in [4.78, 5) is 10.5. The molecular formula is C12H11NO4S. The second kappa shape index (κ2) is 4.66. The molecule has 0 aliphatic rings. The number of rotatable bonds is 4. The summed E-state index contributed by atoms with van der Waals surface area (Å²) in [5, 5.41) is 0. The van der Waals surface area contributed by atoms with Crippen LogP contribution in [0.1, 0.15) is 10.6 Å². The Bertz CT molecular complexity index is 673. The molecule has 94 valence electrons. The number of nitrogens with one attached hydrogen (secondary N) is 1. The third-order valence-corrected chi connectivity index (χ3v) is 2.80. The SMILES string of the molecule is CS(=O)(=O)Nc1cccc(-c2ccc(C=O)o2)c1. The monoisotopic (exact) mass is 265 g/mol. The quantitative estimate of drug-likeness (QED) is 0.859. The molecule has 0 atom stereocenters. The van der Waals surface area contributed by atoms with Crippen molar-refractivity contribution < 1.29 is 17.6 Å². The van der Waals surface area contributed by atoms with Gasteiger partial charge in [-0.3, -0.25) is 9.52 Å². The maximum atomic E-state index is 11.1. The van der Waals surface area contributed by atoms with Crippen LogP contribution in [-0.2, 0) is 10.0 Å². The number of anilines is 1. The minimum Gasteiger partial charge on any atom is -0.453 e. The van der Waals surface area contributed by atoms with Crippen LogP contribution >= 0.6 is 0 Å². The first-order chi connectivity index (χ1) is 8.48. The molecule has 0 spiro atoms. The Morgan fingerprint density at radius 3 is 2.61 bits per heavy atom. The van der Waals surface area contributed by atoms with E-state index in [1.165, 1.54) is 0 Å². The third kappa shape index (κ3) is 2.98. The van der Waals surface area contributed by atoms with Crippen LogP contribution in [0.4, 0.5) is 5.69 Å². The Hall–Kier alpha value is -2.08. The predicted octanol–water partition coefficient (Wildman–Crippen LogP) is 2.13. The van der Waals surface area contributed by atoms with Crippen LogP contribution in [0.2, 0.25) is 0 Å². The summed E-state index contributed by atoms with van der Waals surface area (Å²) in [6.07, 6.45) is 1.69. The molecule has 0 bridgehead atoms. The van der Waals surface area contributed by atoms with Crippen LogP contribution in [0, 0.1) is 0 Å². The molecule has 0 saturated carbocycles. The number of carbonyl (C=O) groups excluding carboxylic acids is 1. The minimum atomic E-state index is -3.31. The number of sulfonamides is 1. The number of aldehydes is 1. The Morgan fingerprint density at radius 1 is 1.22 bits per heavy atom. The smallest absolute Gasteiger partial charge is 0.229 e. The molecule has 0 unspecified atom stereocenters. The summed E-state index contributed by atoms with van der Waals surface area (Å²) in [7, 11) is -3.31. The zero-order valence-electron chi connectivity index (χ0n) is 9.58. The second-order valence-electron chi connectivity index (χ2n) is 3.77. The van der Waals surface area contributed by atoms with Crippen molar-refractivity contribution >= 4 is 22.0 Å². The molecule has 0 aliphatic carbocycles. The van der Waals surface area contributed by atoms with E-state index in [0.29, 0.717) is 23.3 Å². The number of benzene rings is 1. The summed E-state index contributed by atoms with van der Waals surface area (Å²) in [5.74, 6) is 0.737. The molecule has 1 aromatic carbocycles. The zero-order chi connectivity index (χ0) is 13.2. The molecule has 0 aliphatic heterocycles. The van der Waals surface area contributed by atoms with Crippen LogP contribution in [0.3, 0.4) is 0 Å². The van der Waals surface area contributed by atoms with Crippen molar-refractivity contribution in [3.05, 3.63) is 42.2 Å². The van der Waals surface area contributed by atoms with Crippen molar-refractivity contribution in [1.29, 1.82) is 0 Å². The normalized spacial score (nSPS) is 11.2. The summed E-state index contributed by atoms with van der Waals surface area (Å²) < 4.78 is 29.9. The fraction of sp³-hybridized carbons (Fsp3) is 0.0833. The molecule has 0 saturated heterocycles. The van der Waals surface area contributed by atoms with E-state index in [9.17, 15) is 13.2 Å². The van der Waals surface area contributed by atoms with Crippen molar-refractivity contribution in [2.45, 2.75) is 0 Å². The maximum absolute atomic E-state index is 11.1. The Labute approximate surface area is 104 Å². The van der Waals surface area contributed by atoms with Crippen molar-refractivity contribution in [2.24, 2.45) is 0 Å². The Morgan fingerprint density at radius 2 is 2.00 bits per heavy atom. The van der Waals surface area contributed by atoms with E-state index in [4.69, 9.17) is 4.42 Å². The molecular weight excluding hydrogens is 254 g/mol. The largest absolute Gasteiger partial charge is 0.453 e. The van der Waals surface area contributed by atoms with Crippen LogP contribution < -0.4 is 4.72 Å². The molecule has 5 nitrogen and oxygen atoms in total. The van der Waals surface area contributed by atoms with Gasteiger partial charge in [-0.15, -0.1) is 0 Å². The predicted molar refractivity (Wildman–Crippen MR) is 68.0 cm³/mol. The lowest BCUT2D eigenvalue weighted by atomic mass is 10.1. The minimum absolute atomic E-state index is 0.228. The van der Waals surface area contributed by atoms with Gasteiger partial charge in [0.05, 0.1) is 6.26 Å². The lowest BCUT2D eigenvalue weighted by molar-refractivity contribution is 0.110. The van der Waals surface area contributed by atoms with Gasteiger partial charge in [-0.1, -0.05) is 12.1 Å². The molecule has 0 radical (unpaired) electrons. The molecule has 18 heavy (non-hydrogen) atoms. The molecule has 2 aromatic rings. The Kier molecular flexibility index (Phi) is 3.20. The third-order valence-electron chi connectivity index (χ3n) is 2.19. The fourth-order valence-electron chi connectivity index (χ4n) is 1.52. The highest BCUT2D eigenvalue weighted by Gasteiger charge is 2.07. The first kappa shape index (κ1) is 12.4. The molecule has 1 heterocycles. The van der Waals surface area contributed by atoms with Crippen molar-refractivity contribution in [3.8, 4) is 11.3 Å². The van der Waals surface area contributed by atoms with Crippen molar-refractivity contribution in [3.63, 3.8) is 0 Å². The Balaban J connectivity index is 2.35. The molecule has 6 heteroatoms. The first-order valence-electron chi connectivity index (χ1n) is 5.11. The molecule has 1 N–H and O–H groups in total. The average Bonchev–Trinajstić information content (AvgIpc) is 2.75. The molecule has 0 fully saturated rings. The standard InChI is InChI=1S/C12H11NO4S/c1-18(15,16)13-10-4-2-3-9(7-10)12-6-5-11(8-14)17-12/h2-8,13H,1H3. The van der Waals surface area contributed by atoms with E-state index in [0.717, 1.165) is 6.26 Å². The van der Waals surface area contributed by atoms with E-state index in [1.807, 2.05) is 0 Å². The summed E-state index contributed by atoms with van der Waals surface area (Å²) in [6.45, 7) is 0. The van der Waals surface area contributed by atoms with Crippen LogP contribution in [0.25, 0.3) is 11.3 Å². The molecule has 2 rings (SSSR count). The number of furan rings is 1. The highest BCUT2D eigenvalue weighted by molar-refractivity contribution is 7.92. The van der Waals surface area contributed by atoms with Gasteiger partial charge in [0.25, 0.3) is 0 Å². The zero-order valence-corrected chi connectivity index (χ0v) is 10.4. The van der Waals surface area contributed by atoms with E-state index >= 15 is 0 Å². The highest BCUT2D eigenvalue weighted by Crippen LogP contribution is 2.24. The van der Waals surface area contributed by atoms with Crippen LogP contribution in [0.5, 0.6) is 0 Å². The van der Waals surface area contributed by atoms with E-state index in [-0.39, 0.29) is 5.76 Å². The van der Waals surface area contributed by atoms with E-state index in [1.54, 1.807) is 36.4 Å². The lowest BCUT2D eigenvalue weighted by Gasteiger charge is -2.04. The van der Waals surface area contributed by atoms with Crippen LogP contribution in [-0.4, -0.2) is 21.0 Å².